The molecule has 94 valence electrons. The first-order valence-electron chi connectivity index (χ1n) is 6.10. The first-order valence-corrected chi connectivity index (χ1v) is 6.63. The van der Waals surface area contributed by atoms with E-state index in [9.17, 15) is 5.11 Å². The van der Waals surface area contributed by atoms with Crippen molar-refractivity contribution in [2.24, 2.45) is 0 Å². The molecule has 2 aromatic carbocycles. The average Bonchev–Trinajstić information content (AvgIpc) is 2.37. The molecule has 2 aromatic rings. The quantitative estimate of drug-likeness (QED) is 0.814. The Bertz CT molecular complexity index is 522. The van der Waals surface area contributed by atoms with E-state index in [1.165, 1.54) is 11.1 Å². The maximum atomic E-state index is 9.49. The van der Waals surface area contributed by atoms with Crippen LogP contribution in [-0.2, 0) is 6.42 Å². The molecule has 0 aromatic heterocycles. The second-order valence-electron chi connectivity index (χ2n) is 4.58. The zero-order valence-electron chi connectivity index (χ0n) is 10.4. The van der Waals surface area contributed by atoms with Crippen molar-refractivity contribution in [3.8, 4) is 5.75 Å². The van der Waals surface area contributed by atoms with Gasteiger partial charge in [-0.15, -0.1) is 11.6 Å². The predicted octanol–water partition coefficient (Wildman–Crippen LogP) is 4.27. The summed E-state index contributed by atoms with van der Waals surface area (Å²) in [5, 5.41) is 9.49. The van der Waals surface area contributed by atoms with Crippen LogP contribution in [0.4, 0.5) is 0 Å². The third-order valence-corrected chi connectivity index (χ3v) is 3.58. The summed E-state index contributed by atoms with van der Waals surface area (Å²) >= 11 is 6.10. The van der Waals surface area contributed by atoms with E-state index < -0.39 is 0 Å². The van der Waals surface area contributed by atoms with Crippen LogP contribution in [0.25, 0.3) is 0 Å². The van der Waals surface area contributed by atoms with Crippen molar-refractivity contribution < 1.29 is 5.11 Å². The Labute approximate surface area is 113 Å². The van der Waals surface area contributed by atoms with Crippen molar-refractivity contribution in [2.45, 2.75) is 19.3 Å². The Kier molecular flexibility index (Phi) is 4.27. The highest BCUT2D eigenvalue weighted by atomic mass is 35.5. The van der Waals surface area contributed by atoms with Gasteiger partial charge in [-0.25, -0.2) is 0 Å². The maximum absolute atomic E-state index is 9.49. The van der Waals surface area contributed by atoms with Crippen LogP contribution in [-0.4, -0.2) is 11.0 Å². The molecule has 0 saturated heterocycles. The van der Waals surface area contributed by atoms with Crippen molar-refractivity contribution in [2.75, 3.05) is 5.88 Å². The fourth-order valence-electron chi connectivity index (χ4n) is 2.26. The Morgan fingerprint density at radius 3 is 2.56 bits per heavy atom. The zero-order valence-corrected chi connectivity index (χ0v) is 11.2. The van der Waals surface area contributed by atoms with Crippen LogP contribution in [0.15, 0.2) is 48.5 Å². The smallest absolute Gasteiger partial charge is 0.115 e. The van der Waals surface area contributed by atoms with Gasteiger partial charge in [0, 0.05) is 11.8 Å². The van der Waals surface area contributed by atoms with Gasteiger partial charge in [-0.2, -0.15) is 0 Å². The van der Waals surface area contributed by atoms with Crippen LogP contribution < -0.4 is 0 Å². The summed E-state index contributed by atoms with van der Waals surface area (Å²) in [5.41, 5.74) is 3.67. The number of aromatic hydroxyl groups is 1. The number of phenolic OH excluding ortho intramolecular Hbond substituents is 1. The normalized spacial score (nSPS) is 12.3. The number of hydrogen-bond donors (Lipinski definition) is 1. The van der Waals surface area contributed by atoms with E-state index in [0.717, 1.165) is 12.0 Å². The largest absolute Gasteiger partial charge is 0.508 e. The van der Waals surface area contributed by atoms with Gasteiger partial charge < -0.3 is 5.11 Å². The molecule has 18 heavy (non-hydrogen) atoms. The number of phenols is 1. The highest BCUT2D eigenvalue weighted by Gasteiger charge is 2.13. The van der Waals surface area contributed by atoms with Gasteiger partial charge in [0.1, 0.15) is 5.75 Å². The zero-order chi connectivity index (χ0) is 13.0. The van der Waals surface area contributed by atoms with Gasteiger partial charge in [0.15, 0.2) is 0 Å². The number of alkyl halides is 1. The molecule has 0 aliphatic carbocycles. The molecular weight excluding hydrogens is 244 g/mol. The summed E-state index contributed by atoms with van der Waals surface area (Å²) in [6.45, 7) is 2.11. The van der Waals surface area contributed by atoms with Crippen molar-refractivity contribution in [3.63, 3.8) is 0 Å². The lowest BCUT2D eigenvalue weighted by Crippen LogP contribution is -2.06. The summed E-state index contributed by atoms with van der Waals surface area (Å²) in [7, 11) is 0. The minimum absolute atomic E-state index is 0.287. The molecule has 0 radical (unpaired) electrons. The van der Waals surface area contributed by atoms with E-state index in [4.69, 9.17) is 11.6 Å². The first kappa shape index (κ1) is 13.0. The minimum atomic E-state index is 0.287. The fourth-order valence-corrected chi connectivity index (χ4v) is 2.54. The van der Waals surface area contributed by atoms with Crippen molar-refractivity contribution >= 4 is 11.6 Å². The SMILES string of the molecule is Cc1ccccc1C(CCl)Cc1cccc(O)c1. The van der Waals surface area contributed by atoms with E-state index in [0.29, 0.717) is 11.6 Å². The number of halogens is 1. The van der Waals surface area contributed by atoms with E-state index in [-0.39, 0.29) is 5.92 Å². The van der Waals surface area contributed by atoms with Crippen molar-refractivity contribution in [3.05, 3.63) is 65.2 Å². The second kappa shape index (κ2) is 5.92. The summed E-state index contributed by atoms with van der Waals surface area (Å²) in [5.74, 6) is 1.18. The van der Waals surface area contributed by atoms with Crippen LogP contribution in [0.1, 0.15) is 22.6 Å². The maximum Gasteiger partial charge on any atom is 0.115 e. The van der Waals surface area contributed by atoms with Gasteiger partial charge in [-0.3, -0.25) is 0 Å². The van der Waals surface area contributed by atoms with Crippen LogP contribution in [0.5, 0.6) is 5.75 Å². The Morgan fingerprint density at radius 1 is 1.11 bits per heavy atom. The van der Waals surface area contributed by atoms with Gasteiger partial charge in [0.05, 0.1) is 0 Å². The molecule has 2 heteroatoms. The molecule has 0 fully saturated rings. The highest BCUT2D eigenvalue weighted by molar-refractivity contribution is 6.18. The van der Waals surface area contributed by atoms with E-state index in [2.05, 4.69) is 19.1 Å². The lowest BCUT2D eigenvalue weighted by molar-refractivity contribution is 0.474. The monoisotopic (exact) mass is 260 g/mol. The van der Waals surface area contributed by atoms with E-state index in [1.54, 1.807) is 12.1 Å². The minimum Gasteiger partial charge on any atom is -0.508 e. The van der Waals surface area contributed by atoms with Crippen LogP contribution in [0.2, 0.25) is 0 Å². The highest BCUT2D eigenvalue weighted by Crippen LogP contribution is 2.26. The summed E-state index contributed by atoms with van der Waals surface area (Å²) in [6.07, 6.45) is 0.850. The molecule has 0 saturated carbocycles. The van der Waals surface area contributed by atoms with Crippen LogP contribution >= 0.6 is 11.6 Å². The molecule has 1 atom stereocenters. The van der Waals surface area contributed by atoms with Gasteiger partial charge in [-0.05, 0) is 42.2 Å². The molecule has 1 N–H and O–H groups in total. The third kappa shape index (κ3) is 3.05. The van der Waals surface area contributed by atoms with E-state index >= 15 is 0 Å². The van der Waals surface area contributed by atoms with Gasteiger partial charge in [0.25, 0.3) is 0 Å². The Balaban J connectivity index is 2.23. The summed E-state index contributed by atoms with van der Waals surface area (Å²) in [4.78, 5) is 0. The van der Waals surface area contributed by atoms with Gasteiger partial charge >= 0.3 is 0 Å². The molecular formula is C16H17ClO. The van der Waals surface area contributed by atoms with Crippen LogP contribution in [0.3, 0.4) is 0 Å². The molecule has 0 spiro atoms. The molecule has 0 aliphatic heterocycles. The molecule has 0 heterocycles. The van der Waals surface area contributed by atoms with Crippen molar-refractivity contribution in [1.29, 1.82) is 0 Å². The topological polar surface area (TPSA) is 20.2 Å². The molecule has 1 nitrogen and oxygen atoms in total. The number of rotatable bonds is 4. The van der Waals surface area contributed by atoms with Crippen LogP contribution in [0, 0.1) is 6.92 Å². The molecule has 2 rings (SSSR count). The third-order valence-electron chi connectivity index (χ3n) is 3.21. The van der Waals surface area contributed by atoms with Gasteiger partial charge in [-0.1, -0.05) is 36.4 Å². The summed E-state index contributed by atoms with van der Waals surface area (Å²) in [6, 6.07) is 15.7. The van der Waals surface area contributed by atoms with Gasteiger partial charge in [0.2, 0.25) is 0 Å². The molecule has 0 amide bonds. The fraction of sp³-hybridized carbons (Fsp3) is 0.250. The summed E-state index contributed by atoms with van der Waals surface area (Å²) < 4.78 is 0. The predicted molar refractivity (Wildman–Crippen MR) is 76.5 cm³/mol. The second-order valence-corrected chi connectivity index (χ2v) is 4.89. The number of hydrogen-bond acceptors (Lipinski definition) is 1. The number of aryl methyl sites for hydroxylation is 1. The molecule has 1 unspecified atom stereocenters. The Hall–Kier alpha value is -1.47. The average molecular weight is 261 g/mol. The lowest BCUT2D eigenvalue weighted by atomic mass is 9.90. The Morgan fingerprint density at radius 2 is 1.89 bits per heavy atom. The van der Waals surface area contributed by atoms with E-state index in [1.807, 2.05) is 24.3 Å². The van der Waals surface area contributed by atoms with Crippen molar-refractivity contribution in [1.82, 2.24) is 0 Å². The number of benzene rings is 2. The lowest BCUT2D eigenvalue weighted by Gasteiger charge is -2.17. The first-order chi connectivity index (χ1) is 8.70. The standard InChI is InChI=1S/C16H17ClO/c1-12-5-2-3-8-16(12)14(11-17)9-13-6-4-7-15(18)10-13/h2-8,10,14,18H,9,11H2,1H3. The molecule has 0 bridgehead atoms. The molecule has 0 aliphatic rings.